The molecule has 1 saturated heterocycles. The minimum Gasteiger partial charge on any atom is -0.338 e. The normalized spacial score (nSPS) is 23.1. The van der Waals surface area contributed by atoms with Gasteiger partial charge in [-0.05, 0) is 18.8 Å². The molecule has 1 aliphatic heterocycles. The number of rotatable bonds is 2. The first kappa shape index (κ1) is 10.7. The molecule has 1 aliphatic carbocycles. The van der Waals surface area contributed by atoms with Crippen LogP contribution in [-0.4, -0.2) is 43.7 Å². The predicted molar refractivity (Wildman–Crippen MR) is 59.8 cm³/mol. The summed E-state index contributed by atoms with van der Waals surface area (Å²) in [6.07, 6.45) is 5.27. The second kappa shape index (κ2) is 5.35. The largest absolute Gasteiger partial charge is 0.338 e. The SMILES string of the molecule is O=C(NCC1CCCC1)N1CCNCC1. The molecule has 0 spiro atoms. The van der Waals surface area contributed by atoms with Crippen LogP contribution >= 0.6 is 0 Å². The first-order chi connectivity index (χ1) is 7.36. The van der Waals surface area contributed by atoms with E-state index in [0.29, 0.717) is 0 Å². The number of carbonyl (C=O) groups is 1. The van der Waals surface area contributed by atoms with E-state index >= 15 is 0 Å². The van der Waals surface area contributed by atoms with Crippen LogP contribution in [0, 0.1) is 5.92 Å². The van der Waals surface area contributed by atoms with E-state index in [-0.39, 0.29) is 6.03 Å². The Morgan fingerprint density at radius 2 is 1.93 bits per heavy atom. The molecule has 2 amide bonds. The molecule has 0 aromatic carbocycles. The van der Waals surface area contributed by atoms with Crippen LogP contribution < -0.4 is 10.6 Å². The molecule has 2 N–H and O–H groups in total. The highest BCUT2D eigenvalue weighted by Gasteiger charge is 2.19. The molecule has 0 atom stereocenters. The van der Waals surface area contributed by atoms with Gasteiger partial charge in [-0.3, -0.25) is 0 Å². The molecule has 2 fully saturated rings. The van der Waals surface area contributed by atoms with E-state index in [0.717, 1.165) is 38.6 Å². The Hall–Kier alpha value is -0.770. The van der Waals surface area contributed by atoms with Crippen LogP contribution in [-0.2, 0) is 0 Å². The summed E-state index contributed by atoms with van der Waals surface area (Å²) in [5.41, 5.74) is 0. The van der Waals surface area contributed by atoms with Crippen molar-refractivity contribution in [3.05, 3.63) is 0 Å². The topological polar surface area (TPSA) is 44.4 Å². The van der Waals surface area contributed by atoms with Crippen LogP contribution in [0.5, 0.6) is 0 Å². The number of nitrogens with zero attached hydrogens (tertiary/aromatic N) is 1. The zero-order chi connectivity index (χ0) is 10.5. The molecule has 1 saturated carbocycles. The smallest absolute Gasteiger partial charge is 0.317 e. The van der Waals surface area contributed by atoms with Crippen LogP contribution in [0.4, 0.5) is 4.79 Å². The predicted octanol–water partition coefficient (Wildman–Crippen LogP) is 0.791. The first-order valence-corrected chi connectivity index (χ1v) is 6.10. The summed E-state index contributed by atoms with van der Waals surface area (Å²) in [6.45, 7) is 4.42. The molecular formula is C11H21N3O. The van der Waals surface area contributed by atoms with E-state index in [4.69, 9.17) is 0 Å². The Bertz CT molecular complexity index is 208. The molecule has 0 aromatic heterocycles. The second-order valence-corrected chi connectivity index (χ2v) is 4.57. The van der Waals surface area contributed by atoms with Gasteiger partial charge < -0.3 is 15.5 Å². The average Bonchev–Trinajstić information content (AvgIpc) is 2.80. The lowest BCUT2D eigenvalue weighted by molar-refractivity contribution is 0.188. The monoisotopic (exact) mass is 211 g/mol. The van der Waals surface area contributed by atoms with Gasteiger partial charge in [-0.2, -0.15) is 0 Å². The first-order valence-electron chi connectivity index (χ1n) is 6.10. The maximum Gasteiger partial charge on any atom is 0.317 e. The third-order valence-corrected chi connectivity index (χ3v) is 3.42. The minimum atomic E-state index is 0.128. The van der Waals surface area contributed by atoms with Crippen LogP contribution in [0.25, 0.3) is 0 Å². The van der Waals surface area contributed by atoms with Gasteiger partial charge in [0, 0.05) is 32.7 Å². The fourth-order valence-corrected chi connectivity index (χ4v) is 2.43. The molecule has 1 heterocycles. The van der Waals surface area contributed by atoms with E-state index in [9.17, 15) is 4.79 Å². The Morgan fingerprint density at radius 1 is 1.27 bits per heavy atom. The minimum absolute atomic E-state index is 0.128. The zero-order valence-corrected chi connectivity index (χ0v) is 9.30. The van der Waals surface area contributed by atoms with Crippen molar-refractivity contribution in [3.63, 3.8) is 0 Å². The molecule has 0 bridgehead atoms. The number of hydrogen-bond donors (Lipinski definition) is 2. The molecule has 0 aromatic rings. The summed E-state index contributed by atoms with van der Waals surface area (Å²) in [5.74, 6) is 0.733. The molecule has 2 aliphatic rings. The molecule has 0 unspecified atom stereocenters. The van der Waals surface area contributed by atoms with Crippen molar-refractivity contribution < 1.29 is 4.79 Å². The highest BCUT2D eigenvalue weighted by atomic mass is 16.2. The van der Waals surface area contributed by atoms with Gasteiger partial charge in [0.25, 0.3) is 0 Å². The van der Waals surface area contributed by atoms with E-state index in [1.807, 2.05) is 4.90 Å². The van der Waals surface area contributed by atoms with Crippen molar-refractivity contribution >= 4 is 6.03 Å². The van der Waals surface area contributed by atoms with Crippen LogP contribution in [0.1, 0.15) is 25.7 Å². The van der Waals surface area contributed by atoms with Gasteiger partial charge in [-0.1, -0.05) is 12.8 Å². The molecule has 86 valence electrons. The van der Waals surface area contributed by atoms with Gasteiger partial charge in [-0.25, -0.2) is 4.79 Å². The van der Waals surface area contributed by atoms with Gasteiger partial charge in [0.15, 0.2) is 0 Å². The summed E-state index contributed by atoms with van der Waals surface area (Å²) < 4.78 is 0. The summed E-state index contributed by atoms with van der Waals surface area (Å²) >= 11 is 0. The maximum absolute atomic E-state index is 11.7. The molecule has 4 nitrogen and oxygen atoms in total. The Labute approximate surface area is 91.4 Å². The van der Waals surface area contributed by atoms with E-state index in [1.165, 1.54) is 25.7 Å². The van der Waals surface area contributed by atoms with Crippen molar-refractivity contribution in [2.75, 3.05) is 32.7 Å². The molecule has 2 rings (SSSR count). The summed E-state index contributed by atoms with van der Waals surface area (Å²) in [5, 5.41) is 6.30. The quantitative estimate of drug-likeness (QED) is 0.709. The maximum atomic E-state index is 11.7. The number of carbonyl (C=O) groups excluding carboxylic acids is 1. The van der Waals surface area contributed by atoms with E-state index < -0.39 is 0 Å². The van der Waals surface area contributed by atoms with Gasteiger partial charge in [0.05, 0.1) is 0 Å². The summed E-state index contributed by atoms with van der Waals surface area (Å²) in [7, 11) is 0. The summed E-state index contributed by atoms with van der Waals surface area (Å²) in [6, 6.07) is 0.128. The zero-order valence-electron chi connectivity index (χ0n) is 9.30. The molecule has 15 heavy (non-hydrogen) atoms. The van der Waals surface area contributed by atoms with E-state index in [2.05, 4.69) is 10.6 Å². The molecule has 0 radical (unpaired) electrons. The Kier molecular flexibility index (Phi) is 3.83. The number of urea groups is 1. The Balaban J connectivity index is 1.66. The fraction of sp³-hybridized carbons (Fsp3) is 0.909. The van der Waals surface area contributed by atoms with E-state index in [1.54, 1.807) is 0 Å². The van der Waals surface area contributed by atoms with Gasteiger partial charge in [0.1, 0.15) is 0 Å². The standard InChI is InChI=1S/C11H21N3O/c15-11(14-7-5-12-6-8-14)13-9-10-3-1-2-4-10/h10,12H,1-9H2,(H,13,15). The van der Waals surface area contributed by atoms with Crippen molar-refractivity contribution in [1.82, 2.24) is 15.5 Å². The van der Waals surface area contributed by atoms with Gasteiger partial charge >= 0.3 is 6.03 Å². The van der Waals surface area contributed by atoms with Crippen LogP contribution in [0.15, 0.2) is 0 Å². The van der Waals surface area contributed by atoms with Crippen LogP contribution in [0.3, 0.4) is 0 Å². The fourth-order valence-electron chi connectivity index (χ4n) is 2.43. The highest BCUT2D eigenvalue weighted by Crippen LogP contribution is 2.23. The molecule has 4 heteroatoms. The third-order valence-electron chi connectivity index (χ3n) is 3.42. The second-order valence-electron chi connectivity index (χ2n) is 4.57. The van der Waals surface area contributed by atoms with Crippen molar-refractivity contribution in [1.29, 1.82) is 0 Å². The number of nitrogens with one attached hydrogen (secondary N) is 2. The van der Waals surface area contributed by atoms with Crippen molar-refractivity contribution in [2.24, 2.45) is 5.92 Å². The van der Waals surface area contributed by atoms with Crippen molar-refractivity contribution in [3.8, 4) is 0 Å². The number of hydrogen-bond acceptors (Lipinski definition) is 2. The third kappa shape index (κ3) is 3.09. The van der Waals surface area contributed by atoms with Gasteiger partial charge in [-0.15, -0.1) is 0 Å². The van der Waals surface area contributed by atoms with Crippen molar-refractivity contribution in [2.45, 2.75) is 25.7 Å². The lowest BCUT2D eigenvalue weighted by atomic mass is 10.1. The number of piperazine rings is 1. The number of amides is 2. The summed E-state index contributed by atoms with van der Waals surface area (Å²) in [4.78, 5) is 13.7. The van der Waals surface area contributed by atoms with Gasteiger partial charge in [0.2, 0.25) is 0 Å². The average molecular weight is 211 g/mol. The molecular weight excluding hydrogens is 190 g/mol. The Morgan fingerprint density at radius 3 is 2.60 bits per heavy atom. The lowest BCUT2D eigenvalue weighted by Gasteiger charge is -2.28. The van der Waals surface area contributed by atoms with Crippen LogP contribution in [0.2, 0.25) is 0 Å². The lowest BCUT2D eigenvalue weighted by Crippen LogP contribution is -2.50. The highest BCUT2D eigenvalue weighted by molar-refractivity contribution is 5.74.